The number of hydrogen-bond acceptors (Lipinski definition) is 0. The van der Waals surface area contributed by atoms with Gasteiger partial charge in [-0.3, -0.25) is 0 Å². The summed E-state index contributed by atoms with van der Waals surface area (Å²) in [5.74, 6) is 0. The largest absolute Gasteiger partial charge is 0.0622 e. The molecule has 0 unspecified atom stereocenters. The van der Waals surface area contributed by atoms with Gasteiger partial charge in [-0.15, -0.1) is 0 Å². The van der Waals surface area contributed by atoms with Crippen molar-refractivity contribution in [1.29, 1.82) is 0 Å². The van der Waals surface area contributed by atoms with E-state index >= 15 is 0 Å². The molecule has 1 aliphatic carbocycles. The SMILES string of the molecule is c1ccc(Cc2ccc3c(c2)-c2cc4ccc5ccccc5c4cc2C3)cc1. The molecule has 0 bridgehead atoms. The van der Waals surface area contributed by atoms with E-state index < -0.39 is 0 Å². The second-order valence-electron chi connectivity index (χ2n) is 7.85. The molecule has 0 aromatic heterocycles. The standard InChI is InChI=1S/C28H20/c1-2-6-19(7-3-1)14-20-10-11-22-16-24-18-27-23(17-28(24)26(22)15-20)13-12-21-8-4-5-9-25(21)27/h1-13,15,17-18H,14,16H2. The summed E-state index contributed by atoms with van der Waals surface area (Å²) in [5, 5.41) is 5.37. The van der Waals surface area contributed by atoms with Crippen molar-refractivity contribution in [2.24, 2.45) is 0 Å². The van der Waals surface area contributed by atoms with Gasteiger partial charge in [0.05, 0.1) is 0 Å². The summed E-state index contributed by atoms with van der Waals surface area (Å²) in [6, 6.07) is 35.8. The fourth-order valence-corrected chi connectivity index (χ4v) is 4.67. The average Bonchev–Trinajstić information content (AvgIpc) is 3.10. The summed E-state index contributed by atoms with van der Waals surface area (Å²) < 4.78 is 0. The summed E-state index contributed by atoms with van der Waals surface area (Å²) in [5.41, 5.74) is 8.48. The topological polar surface area (TPSA) is 0 Å². The lowest BCUT2D eigenvalue weighted by Crippen LogP contribution is -1.89. The van der Waals surface area contributed by atoms with Crippen molar-refractivity contribution in [2.75, 3.05) is 0 Å². The Bertz CT molecular complexity index is 1340. The first-order chi connectivity index (χ1) is 13.8. The number of rotatable bonds is 2. The highest BCUT2D eigenvalue weighted by atomic mass is 14.2. The maximum Gasteiger partial charge on any atom is -0.00132 e. The quantitative estimate of drug-likeness (QED) is 0.289. The molecule has 1 aliphatic rings. The fourth-order valence-electron chi connectivity index (χ4n) is 4.67. The molecule has 5 aromatic rings. The lowest BCUT2D eigenvalue weighted by atomic mass is 9.95. The molecule has 0 heterocycles. The molecule has 0 nitrogen and oxygen atoms in total. The minimum absolute atomic E-state index is 0.988. The van der Waals surface area contributed by atoms with E-state index in [0.717, 1.165) is 12.8 Å². The van der Waals surface area contributed by atoms with Crippen LogP contribution in [0.5, 0.6) is 0 Å². The smallest absolute Gasteiger partial charge is 0.00132 e. The molecular weight excluding hydrogens is 336 g/mol. The predicted molar refractivity (Wildman–Crippen MR) is 119 cm³/mol. The Labute approximate surface area is 165 Å². The van der Waals surface area contributed by atoms with Crippen LogP contribution in [0.2, 0.25) is 0 Å². The lowest BCUT2D eigenvalue weighted by molar-refractivity contribution is 1.18. The monoisotopic (exact) mass is 356 g/mol. The Kier molecular flexibility index (Phi) is 3.39. The van der Waals surface area contributed by atoms with Gasteiger partial charge >= 0.3 is 0 Å². The van der Waals surface area contributed by atoms with Crippen LogP contribution in [0.25, 0.3) is 32.7 Å². The molecule has 0 radical (unpaired) electrons. The van der Waals surface area contributed by atoms with Gasteiger partial charge in [-0.2, -0.15) is 0 Å². The molecule has 5 aromatic carbocycles. The van der Waals surface area contributed by atoms with Crippen LogP contribution in [0, 0.1) is 0 Å². The van der Waals surface area contributed by atoms with E-state index in [1.165, 1.54) is 54.9 Å². The predicted octanol–water partition coefficient (Wildman–Crippen LogP) is 7.16. The molecule has 0 spiro atoms. The fraction of sp³-hybridized carbons (Fsp3) is 0.0714. The maximum absolute atomic E-state index is 2.42. The van der Waals surface area contributed by atoms with Crippen molar-refractivity contribution in [3.8, 4) is 11.1 Å². The van der Waals surface area contributed by atoms with Crippen molar-refractivity contribution in [3.63, 3.8) is 0 Å². The maximum atomic E-state index is 2.42. The second kappa shape index (κ2) is 6.07. The number of fused-ring (bicyclic) bond motifs is 6. The number of hydrogen-bond donors (Lipinski definition) is 0. The van der Waals surface area contributed by atoms with Crippen molar-refractivity contribution >= 4 is 21.5 Å². The third kappa shape index (κ3) is 2.46. The zero-order valence-electron chi connectivity index (χ0n) is 15.7. The van der Waals surface area contributed by atoms with Gasteiger partial charge < -0.3 is 0 Å². The van der Waals surface area contributed by atoms with Crippen molar-refractivity contribution in [1.82, 2.24) is 0 Å². The van der Waals surface area contributed by atoms with E-state index in [1.54, 1.807) is 0 Å². The molecule has 6 rings (SSSR count). The van der Waals surface area contributed by atoms with Crippen LogP contribution >= 0.6 is 0 Å². The van der Waals surface area contributed by atoms with Crippen LogP contribution in [0.1, 0.15) is 22.3 Å². The normalized spacial score (nSPS) is 12.3. The Balaban J connectivity index is 1.48. The third-order valence-electron chi connectivity index (χ3n) is 6.07. The Hall–Kier alpha value is -3.38. The van der Waals surface area contributed by atoms with Gasteiger partial charge in [0.25, 0.3) is 0 Å². The van der Waals surface area contributed by atoms with E-state index in [2.05, 4.69) is 97.1 Å². The minimum atomic E-state index is 0.988. The van der Waals surface area contributed by atoms with Crippen molar-refractivity contribution in [2.45, 2.75) is 12.8 Å². The van der Waals surface area contributed by atoms with E-state index in [1.807, 2.05) is 0 Å². The lowest BCUT2D eigenvalue weighted by Gasteiger charge is -2.09. The molecule has 0 N–H and O–H groups in total. The van der Waals surface area contributed by atoms with Gasteiger partial charge in [0.2, 0.25) is 0 Å². The highest BCUT2D eigenvalue weighted by Crippen LogP contribution is 2.41. The number of benzene rings is 5. The minimum Gasteiger partial charge on any atom is -0.0622 e. The molecule has 28 heavy (non-hydrogen) atoms. The Morgan fingerprint density at radius 2 is 1.29 bits per heavy atom. The average molecular weight is 356 g/mol. The Morgan fingerprint density at radius 1 is 0.500 bits per heavy atom. The highest BCUT2D eigenvalue weighted by Gasteiger charge is 2.20. The van der Waals surface area contributed by atoms with Gasteiger partial charge in [-0.1, -0.05) is 84.9 Å². The van der Waals surface area contributed by atoms with Crippen molar-refractivity contribution in [3.05, 3.63) is 119 Å². The van der Waals surface area contributed by atoms with E-state index in [-0.39, 0.29) is 0 Å². The van der Waals surface area contributed by atoms with Crippen LogP contribution in [-0.2, 0) is 12.8 Å². The second-order valence-corrected chi connectivity index (χ2v) is 7.85. The van der Waals surface area contributed by atoms with E-state index in [0.29, 0.717) is 0 Å². The van der Waals surface area contributed by atoms with E-state index in [9.17, 15) is 0 Å². The van der Waals surface area contributed by atoms with Gasteiger partial charge in [-0.25, -0.2) is 0 Å². The molecular formula is C28H20. The van der Waals surface area contributed by atoms with Crippen LogP contribution in [-0.4, -0.2) is 0 Å². The summed E-state index contributed by atoms with van der Waals surface area (Å²) >= 11 is 0. The molecule has 0 heteroatoms. The molecule has 0 saturated carbocycles. The molecule has 0 aliphatic heterocycles. The van der Waals surface area contributed by atoms with Gasteiger partial charge in [0.15, 0.2) is 0 Å². The van der Waals surface area contributed by atoms with Crippen LogP contribution in [0.3, 0.4) is 0 Å². The first-order valence-corrected chi connectivity index (χ1v) is 9.96. The molecule has 0 amide bonds. The first-order valence-electron chi connectivity index (χ1n) is 9.96. The summed E-state index contributed by atoms with van der Waals surface area (Å²) in [7, 11) is 0. The molecule has 0 fully saturated rings. The van der Waals surface area contributed by atoms with Crippen LogP contribution < -0.4 is 0 Å². The summed E-state index contributed by atoms with van der Waals surface area (Å²) in [4.78, 5) is 0. The highest BCUT2D eigenvalue weighted by molar-refractivity contribution is 6.09. The van der Waals surface area contributed by atoms with Crippen molar-refractivity contribution < 1.29 is 0 Å². The van der Waals surface area contributed by atoms with E-state index in [4.69, 9.17) is 0 Å². The van der Waals surface area contributed by atoms with Gasteiger partial charge in [0, 0.05) is 0 Å². The zero-order chi connectivity index (χ0) is 18.5. The summed E-state index contributed by atoms with van der Waals surface area (Å²) in [6.45, 7) is 0. The molecule has 0 saturated heterocycles. The van der Waals surface area contributed by atoms with Crippen LogP contribution in [0.4, 0.5) is 0 Å². The molecule has 132 valence electrons. The van der Waals surface area contributed by atoms with Gasteiger partial charge in [0.1, 0.15) is 0 Å². The molecule has 0 atom stereocenters. The van der Waals surface area contributed by atoms with Gasteiger partial charge in [-0.05, 0) is 79.9 Å². The Morgan fingerprint density at radius 3 is 2.21 bits per heavy atom. The summed E-state index contributed by atoms with van der Waals surface area (Å²) in [6.07, 6.45) is 2.02. The van der Waals surface area contributed by atoms with Crippen LogP contribution in [0.15, 0.2) is 97.1 Å². The first kappa shape index (κ1) is 15.7. The zero-order valence-corrected chi connectivity index (χ0v) is 15.7. The third-order valence-corrected chi connectivity index (χ3v) is 6.07.